The standard InChI is InChI=1S/C19H16ClN3O3/c1-26-17-11-13(10-15(20)18(17)24)12-21-22-19(25)14-6-2-3-7-16(14)23-8-4-5-9-23/h2-12,24H,1H3,(H,22,25)/b21-12+. The van der Waals surface area contributed by atoms with Crippen LogP contribution in [0.25, 0.3) is 5.69 Å². The average molecular weight is 370 g/mol. The molecule has 0 aliphatic heterocycles. The number of rotatable bonds is 5. The lowest BCUT2D eigenvalue weighted by Crippen LogP contribution is -2.19. The minimum absolute atomic E-state index is 0.134. The van der Waals surface area contributed by atoms with Crippen molar-refractivity contribution in [2.75, 3.05) is 7.11 Å². The van der Waals surface area contributed by atoms with Crippen LogP contribution in [0.15, 0.2) is 66.0 Å². The zero-order valence-electron chi connectivity index (χ0n) is 13.9. The first-order valence-electron chi connectivity index (χ1n) is 7.72. The monoisotopic (exact) mass is 369 g/mol. The van der Waals surface area contributed by atoms with Crippen LogP contribution in [-0.2, 0) is 0 Å². The van der Waals surface area contributed by atoms with Crippen molar-refractivity contribution in [2.24, 2.45) is 5.10 Å². The van der Waals surface area contributed by atoms with Gasteiger partial charge in [0.25, 0.3) is 5.91 Å². The molecule has 0 aliphatic carbocycles. The van der Waals surface area contributed by atoms with E-state index in [-0.39, 0.29) is 22.4 Å². The van der Waals surface area contributed by atoms with Crippen LogP contribution in [0.1, 0.15) is 15.9 Å². The number of hydrogen-bond donors (Lipinski definition) is 2. The lowest BCUT2D eigenvalue weighted by atomic mass is 10.1. The Morgan fingerprint density at radius 2 is 1.96 bits per heavy atom. The lowest BCUT2D eigenvalue weighted by Gasteiger charge is -2.09. The number of ether oxygens (including phenoxy) is 1. The highest BCUT2D eigenvalue weighted by Crippen LogP contribution is 2.34. The van der Waals surface area contributed by atoms with E-state index in [1.165, 1.54) is 19.4 Å². The Morgan fingerprint density at radius 3 is 2.69 bits per heavy atom. The van der Waals surface area contributed by atoms with Gasteiger partial charge in [-0.05, 0) is 42.0 Å². The van der Waals surface area contributed by atoms with Crippen LogP contribution in [0, 0.1) is 0 Å². The summed E-state index contributed by atoms with van der Waals surface area (Å²) in [5.74, 6) is -0.262. The predicted molar refractivity (Wildman–Crippen MR) is 100 cm³/mol. The van der Waals surface area contributed by atoms with Crippen molar-refractivity contribution in [2.45, 2.75) is 0 Å². The molecule has 3 rings (SSSR count). The number of nitrogens with one attached hydrogen (secondary N) is 1. The molecule has 0 saturated heterocycles. The van der Waals surface area contributed by atoms with Crippen molar-refractivity contribution in [3.63, 3.8) is 0 Å². The van der Waals surface area contributed by atoms with Gasteiger partial charge in [0.15, 0.2) is 11.5 Å². The number of hydrogen-bond acceptors (Lipinski definition) is 4. The van der Waals surface area contributed by atoms with E-state index in [4.69, 9.17) is 16.3 Å². The van der Waals surface area contributed by atoms with E-state index in [1.807, 2.05) is 41.2 Å². The molecule has 1 amide bonds. The number of carbonyl (C=O) groups is 1. The molecule has 0 saturated carbocycles. The number of nitrogens with zero attached hydrogens (tertiary/aromatic N) is 2. The molecule has 132 valence electrons. The molecule has 2 aromatic carbocycles. The third-order valence-corrected chi connectivity index (χ3v) is 3.97. The second-order valence-corrected chi connectivity index (χ2v) is 5.77. The van der Waals surface area contributed by atoms with Gasteiger partial charge in [0.05, 0.1) is 29.6 Å². The normalized spacial score (nSPS) is 10.8. The maximum Gasteiger partial charge on any atom is 0.273 e. The van der Waals surface area contributed by atoms with Gasteiger partial charge in [0.1, 0.15) is 0 Å². The maximum atomic E-state index is 12.5. The van der Waals surface area contributed by atoms with Crippen molar-refractivity contribution in [1.29, 1.82) is 0 Å². The van der Waals surface area contributed by atoms with E-state index in [0.717, 1.165) is 5.69 Å². The number of aromatic hydroxyl groups is 1. The van der Waals surface area contributed by atoms with Crippen LogP contribution < -0.4 is 10.2 Å². The molecule has 3 aromatic rings. The fourth-order valence-electron chi connectivity index (χ4n) is 2.44. The smallest absolute Gasteiger partial charge is 0.273 e. The van der Waals surface area contributed by atoms with Gasteiger partial charge in [0, 0.05) is 12.4 Å². The summed E-state index contributed by atoms with van der Waals surface area (Å²) < 4.78 is 6.88. The van der Waals surface area contributed by atoms with Crippen molar-refractivity contribution in [1.82, 2.24) is 9.99 Å². The van der Waals surface area contributed by atoms with Crippen LogP contribution in [0.3, 0.4) is 0 Å². The molecule has 7 heteroatoms. The Hall–Kier alpha value is -3.25. The summed E-state index contributed by atoms with van der Waals surface area (Å²) in [5, 5.41) is 13.8. The number of aromatic nitrogens is 1. The Bertz CT molecular complexity index is 953. The fourth-order valence-corrected chi connectivity index (χ4v) is 2.65. The number of para-hydroxylation sites is 1. The number of phenolic OH excluding ortho intramolecular Hbond substituents is 1. The highest BCUT2D eigenvalue weighted by atomic mass is 35.5. The highest BCUT2D eigenvalue weighted by Gasteiger charge is 2.11. The van der Waals surface area contributed by atoms with Crippen molar-refractivity contribution >= 4 is 23.7 Å². The molecule has 0 bridgehead atoms. The first kappa shape index (κ1) is 17.6. The molecule has 0 unspecified atom stereocenters. The summed E-state index contributed by atoms with van der Waals surface area (Å²) in [5.41, 5.74) is 4.30. The zero-order chi connectivity index (χ0) is 18.5. The first-order chi connectivity index (χ1) is 12.6. The van der Waals surface area contributed by atoms with Crippen molar-refractivity contribution < 1.29 is 14.6 Å². The number of methoxy groups -OCH3 is 1. The molecular weight excluding hydrogens is 354 g/mol. The van der Waals surface area contributed by atoms with E-state index in [2.05, 4.69) is 10.5 Å². The summed E-state index contributed by atoms with van der Waals surface area (Å²) in [7, 11) is 1.42. The summed E-state index contributed by atoms with van der Waals surface area (Å²) in [4.78, 5) is 12.5. The Kier molecular flexibility index (Phi) is 5.24. The molecule has 26 heavy (non-hydrogen) atoms. The minimum atomic E-state index is -0.345. The molecule has 2 N–H and O–H groups in total. The van der Waals surface area contributed by atoms with Crippen molar-refractivity contribution in [3.8, 4) is 17.2 Å². The second kappa shape index (κ2) is 7.76. The SMILES string of the molecule is COc1cc(/C=N/NC(=O)c2ccccc2-n2cccc2)cc(Cl)c1O. The zero-order valence-corrected chi connectivity index (χ0v) is 14.6. The van der Waals surface area contributed by atoms with Crippen LogP contribution in [-0.4, -0.2) is 28.9 Å². The molecule has 0 atom stereocenters. The van der Waals surface area contributed by atoms with Gasteiger partial charge in [-0.3, -0.25) is 4.79 Å². The molecule has 0 aliphatic rings. The molecule has 0 spiro atoms. The predicted octanol–water partition coefficient (Wildman–Crippen LogP) is 3.61. The van der Waals surface area contributed by atoms with Gasteiger partial charge >= 0.3 is 0 Å². The number of carbonyl (C=O) groups excluding carboxylic acids is 1. The van der Waals surface area contributed by atoms with Gasteiger partial charge in [-0.25, -0.2) is 5.43 Å². The summed E-state index contributed by atoms with van der Waals surface area (Å²) in [6.07, 6.45) is 5.14. The summed E-state index contributed by atoms with van der Waals surface area (Å²) in [6, 6.07) is 14.1. The molecule has 1 aromatic heterocycles. The van der Waals surface area contributed by atoms with E-state index >= 15 is 0 Å². The minimum Gasteiger partial charge on any atom is -0.503 e. The van der Waals surface area contributed by atoms with E-state index in [9.17, 15) is 9.90 Å². The van der Waals surface area contributed by atoms with Gasteiger partial charge in [-0.1, -0.05) is 23.7 Å². The lowest BCUT2D eigenvalue weighted by molar-refractivity contribution is 0.0955. The number of hydrazone groups is 1. The third kappa shape index (κ3) is 3.70. The summed E-state index contributed by atoms with van der Waals surface area (Å²) >= 11 is 5.93. The maximum absolute atomic E-state index is 12.5. The molecule has 0 radical (unpaired) electrons. The Balaban J connectivity index is 1.78. The molecule has 0 fully saturated rings. The highest BCUT2D eigenvalue weighted by molar-refractivity contribution is 6.32. The van der Waals surface area contributed by atoms with Crippen LogP contribution in [0.2, 0.25) is 5.02 Å². The van der Waals surface area contributed by atoms with E-state index in [1.54, 1.807) is 18.2 Å². The molecule has 1 heterocycles. The number of phenols is 1. The molecular formula is C19H16ClN3O3. The van der Waals surface area contributed by atoms with Gasteiger partial charge in [-0.2, -0.15) is 5.10 Å². The number of benzene rings is 2. The van der Waals surface area contributed by atoms with Crippen molar-refractivity contribution in [3.05, 3.63) is 77.1 Å². The average Bonchev–Trinajstić information content (AvgIpc) is 3.19. The van der Waals surface area contributed by atoms with Gasteiger partial charge in [0.2, 0.25) is 0 Å². The quantitative estimate of drug-likeness (QED) is 0.533. The number of amides is 1. The number of halogens is 1. The van der Waals surface area contributed by atoms with Crippen LogP contribution >= 0.6 is 11.6 Å². The summed E-state index contributed by atoms with van der Waals surface area (Å²) in [6.45, 7) is 0. The largest absolute Gasteiger partial charge is 0.503 e. The van der Waals surface area contributed by atoms with Gasteiger partial charge in [-0.15, -0.1) is 0 Å². The molecule has 6 nitrogen and oxygen atoms in total. The van der Waals surface area contributed by atoms with Crippen LogP contribution in [0.5, 0.6) is 11.5 Å². The third-order valence-electron chi connectivity index (χ3n) is 3.68. The van der Waals surface area contributed by atoms with Crippen LogP contribution in [0.4, 0.5) is 0 Å². The fraction of sp³-hybridized carbons (Fsp3) is 0.0526. The Labute approximate surface area is 155 Å². The first-order valence-corrected chi connectivity index (χ1v) is 8.10. The second-order valence-electron chi connectivity index (χ2n) is 5.36. The van der Waals surface area contributed by atoms with E-state index < -0.39 is 0 Å². The topological polar surface area (TPSA) is 75.8 Å². The Morgan fingerprint density at radius 1 is 1.23 bits per heavy atom. The van der Waals surface area contributed by atoms with Gasteiger partial charge < -0.3 is 14.4 Å². The van der Waals surface area contributed by atoms with E-state index in [0.29, 0.717) is 11.1 Å².